The summed E-state index contributed by atoms with van der Waals surface area (Å²) in [6, 6.07) is 5.20. The Morgan fingerprint density at radius 2 is 2.06 bits per heavy atom. The highest BCUT2D eigenvalue weighted by Crippen LogP contribution is 2.26. The Bertz CT molecular complexity index is 500. The molecule has 0 aromatic heterocycles. The first-order chi connectivity index (χ1) is 8.36. The molecule has 0 amide bonds. The van der Waals surface area contributed by atoms with Crippen LogP contribution in [0.5, 0.6) is 5.75 Å². The number of hydrogen-bond acceptors (Lipinski definition) is 4. The summed E-state index contributed by atoms with van der Waals surface area (Å²) >= 11 is 6.00. The van der Waals surface area contributed by atoms with E-state index in [0.29, 0.717) is 23.0 Å². The zero-order valence-electron chi connectivity index (χ0n) is 10.7. The molecule has 6 heteroatoms. The van der Waals surface area contributed by atoms with Crippen molar-refractivity contribution >= 4 is 27.1 Å². The number of methoxy groups -OCH3 is 1. The lowest BCUT2D eigenvalue weighted by Gasteiger charge is -2.11. The highest BCUT2D eigenvalue weighted by Gasteiger charge is 2.15. The largest absolute Gasteiger partial charge is 0.497 e. The van der Waals surface area contributed by atoms with Crippen LogP contribution in [0, 0.1) is 0 Å². The maximum absolute atomic E-state index is 11.6. The standard InChI is InChI=1S/C12H18ClNO3S/c1-9(2)18(15,16)7-6-14-12-8-10(17-3)4-5-11(12)13/h4-5,8-9,14H,6-7H2,1-3H3. The van der Waals surface area contributed by atoms with Gasteiger partial charge in [-0.2, -0.15) is 0 Å². The predicted molar refractivity (Wildman–Crippen MR) is 75.4 cm³/mol. The van der Waals surface area contributed by atoms with E-state index in [1.54, 1.807) is 39.2 Å². The minimum atomic E-state index is -3.03. The lowest BCUT2D eigenvalue weighted by Crippen LogP contribution is -2.23. The van der Waals surface area contributed by atoms with Gasteiger partial charge in [0.2, 0.25) is 0 Å². The van der Waals surface area contributed by atoms with Gasteiger partial charge in [-0.05, 0) is 26.0 Å². The van der Waals surface area contributed by atoms with E-state index in [1.807, 2.05) is 0 Å². The zero-order valence-corrected chi connectivity index (χ0v) is 12.3. The van der Waals surface area contributed by atoms with E-state index in [0.717, 1.165) is 0 Å². The summed E-state index contributed by atoms with van der Waals surface area (Å²) in [6.07, 6.45) is 0. The molecule has 0 saturated heterocycles. The van der Waals surface area contributed by atoms with Gasteiger partial charge < -0.3 is 10.1 Å². The number of hydrogen-bond donors (Lipinski definition) is 1. The minimum Gasteiger partial charge on any atom is -0.497 e. The Labute approximate surface area is 113 Å². The first kappa shape index (κ1) is 15.1. The van der Waals surface area contributed by atoms with Crippen molar-refractivity contribution in [2.75, 3.05) is 24.7 Å². The summed E-state index contributed by atoms with van der Waals surface area (Å²) in [5, 5.41) is 3.19. The van der Waals surface area contributed by atoms with Gasteiger partial charge in [-0.3, -0.25) is 0 Å². The van der Waals surface area contributed by atoms with Crippen molar-refractivity contribution in [3.8, 4) is 5.75 Å². The molecule has 0 fully saturated rings. The van der Waals surface area contributed by atoms with Crippen LogP contribution >= 0.6 is 11.6 Å². The molecule has 0 saturated carbocycles. The molecule has 1 N–H and O–H groups in total. The Balaban J connectivity index is 2.64. The Kier molecular flexibility index (Phi) is 5.28. The van der Waals surface area contributed by atoms with Gasteiger partial charge in [-0.25, -0.2) is 8.42 Å². The van der Waals surface area contributed by atoms with Crippen molar-refractivity contribution in [2.24, 2.45) is 0 Å². The summed E-state index contributed by atoms with van der Waals surface area (Å²) in [7, 11) is -1.47. The van der Waals surface area contributed by atoms with E-state index in [2.05, 4.69) is 5.32 Å². The maximum Gasteiger partial charge on any atom is 0.154 e. The Morgan fingerprint density at radius 3 is 2.61 bits per heavy atom. The normalized spacial score (nSPS) is 11.6. The molecule has 0 atom stereocenters. The summed E-state index contributed by atoms with van der Waals surface area (Å²) in [6.45, 7) is 3.68. The summed E-state index contributed by atoms with van der Waals surface area (Å²) in [5.74, 6) is 0.756. The van der Waals surface area contributed by atoms with Gasteiger partial charge in [0.25, 0.3) is 0 Å². The van der Waals surface area contributed by atoms with Crippen molar-refractivity contribution in [2.45, 2.75) is 19.1 Å². The number of nitrogens with one attached hydrogen (secondary N) is 1. The van der Waals surface area contributed by atoms with Gasteiger partial charge >= 0.3 is 0 Å². The predicted octanol–water partition coefficient (Wildman–Crippen LogP) is 2.58. The average Bonchev–Trinajstić information content (AvgIpc) is 2.31. The van der Waals surface area contributed by atoms with E-state index < -0.39 is 9.84 Å². The SMILES string of the molecule is COc1ccc(Cl)c(NCCS(=O)(=O)C(C)C)c1. The Hall–Kier alpha value is -0.940. The molecule has 0 spiro atoms. The van der Waals surface area contributed by atoms with Crippen LogP contribution < -0.4 is 10.1 Å². The van der Waals surface area contributed by atoms with Gasteiger partial charge in [0, 0.05) is 12.6 Å². The van der Waals surface area contributed by atoms with Crippen molar-refractivity contribution in [3.63, 3.8) is 0 Å². The highest BCUT2D eigenvalue weighted by atomic mass is 35.5. The second-order valence-corrected chi connectivity index (χ2v) is 7.27. The van der Waals surface area contributed by atoms with Crippen molar-refractivity contribution in [3.05, 3.63) is 23.2 Å². The van der Waals surface area contributed by atoms with Crippen LogP contribution in [0.4, 0.5) is 5.69 Å². The monoisotopic (exact) mass is 291 g/mol. The minimum absolute atomic E-state index is 0.0816. The number of ether oxygens (including phenoxy) is 1. The molecule has 1 aromatic carbocycles. The van der Waals surface area contributed by atoms with Crippen LogP contribution in [0.15, 0.2) is 18.2 Å². The third-order valence-corrected chi connectivity index (χ3v) is 5.13. The molecule has 102 valence electrons. The van der Waals surface area contributed by atoms with E-state index in [1.165, 1.54) is 0 Å². The average molecular weight is 292 g/mol. The van der Waals surface area contributed by atoms with Crippen LogP contribution in [0.3, 0.4) is 0 Å². The summed E-state index contributed by atoms with van der Waals surface area (Å²) in [5.41, 5.74) is 0.676. The second kappa shape index (κ2) is 6.29. The number of anilines is 1. The van der Waals surface area contributed by atoms with Gasteiger partial charge in [0.15, 0.2) is 9.84 Å². The van der Waals surface area contributed by atoms with Gasteiger partial charge in [0.05, 0.1) is 28.8 Å². The summed E-state index contributed by atoms with van der Waals surface area (Å²) in [4.78, 5) is 0. The van der Waals surface area contributed by atoms with Crippen molar-refractivity contribution in [1.82, 2.24) is 0 Å². The third-order valence-electron chi connectivity index (χ3n) is 2.59. The number of sulfone groups is 1. The van der Waals surface area contributed by atoms with Gasteiger partial charge in [-0.1, -0.05) is 11.6 Å². The fraction of sp³-hybridized carbons (Fsp3) is 0.500. The smallest absolute Gasteiger partial charge is 0.154 e. The molecule has 0 bridgehead atoms. The quantitative estimate of drug-likeness (QED) is 0.875. The first-order valence-electron chi connectivity index (χ1n) is 5.66. The summed E-state index contributed by atoms with van der Waals surface area (Å²) < 4.78 is 28.3. The molecule has 0 unspecified atom stereocenters. The molecule has 18 heavy (non-hydrogen) atoms. The highest BCUT2D eigenvalue weighted by molar-refractivity contribution is 7.92. The lowest BCUT2D eigenvalue weighted by atomic mass is 10.3. The zero-order chi connectivity index (χ0) is 13.8. The first-order valence-corrected chi connectivity index (χ1v) is 7.75. The van der Waals surface area contributed by atoms with Crippen LogP contribution in [-0.4, -0.2) is 33.1 Å². The second-order valence-electron chi connectivity index (χ2n) is 4.19. The molecule has 1 rings (SSSR count). The van der Waals surface area contributed by atoms with E-state index >= 15 is 0 Å². The molecule has 0 aliphatic heterocycles. The van der Waals surface area contributed by atoms with Crippen LogP contribution in [0.1, 0.15) is 13.8 Å². The van der Waals surface area contributed by atoms with E-state index in [9.17, 15) is 8.42 Å². The molecular formula is C12H18ClNO3S. The molecule has 1 aromatic rings. The Morgan fingerprint density at radius 1 is 1.39 bits per heavy atom. The molecular weight excluding hydrogens is 274 g/mol. The van der Waals surface area contributed by atoms with E-state index in [4.69, 9.17) is 16.3 Å². The third kappa shape index (κ3) is 4.07. The van der Waals surface area contributed by atoms with Crippen molar-refractivity contribution in [1.29, 1.82) is 0 Å². The fourth-order valence-corrected chi connectivity index (χ4v) is 2.37. The molecule has 0 aliphatic rings. The van der Waals surface area contributed by atoms with Crippen LogP contribution in [0.2, 0.25) is 5.02 Å². The number of benzene rings is 1. The molecule has 0 aliphatic carbocycles. The molecule has 0 radical (unpaired) electrons. The number of halogens is 1. The molecule has 4 nitrogen and oxygen atoms in total. The topological polar surface area (TPSA) is 55.4 Å². The fourth-order valence-electron chi connectivity index (χ4n) is 1.33. The maximum atomic E-state index is 11.6. The van der Waals surface area contributed by atoms with E-state index in [-0.39, 0.29) is 11.0 Å². The van der Waals surface area contributed by atoms with Crippen LogP contribution in [0.25, 0.3) is 0 Å². The van der Waals surface area contributed by atoms with Crippen molar-refractivity contribution < 1.29 is 13.2 Å². The molecule has 0 heterocycles. The van der Waals surface area contributed by atoms with Gasteiger partial charge in [0.1, 0.15) is 5.75 Å². The lowest BCUT2D eigenvalue weighted by molar-refractivity contribution is 0.415. The van der Waals surface area contributed by atoms with Gasteiger partial charge in [-0.15, -0.1) is 0 Å². The van der Waals surface area contributed by atoms with Crippen LogP contribution in [-0.2, 0) is 9.84 Å². The number of rotatable bonds is 6.